The third kappa shape index (κ3) is 4.57. The first-order valence-corrected chi connectivity index (χ1v) is 8.13. The van der Waals surface area contributed by atoms with Crippen LogP contribution in [0.15, 0.2) is 21.5 Å². The predicted molar refractivity (Wildman–Crippen MR) is 69.6 cm³/mol. The van der Waals surface area contributed by atoms with Crippen molar-refractivity contribution in [1.82, 2.24) is 4.72 Å². The smallest absolute Gasteiger partial charge is 0.207 e. The Morgan fingerprint density at radius 3 is 2.09 bits per heavy atom. The van der Waals surface area contributed by atoms with Gasteiger partial charge in [0.05, 0.1) is 0 Å². The van der Waals surface area contributed by atoms with E-state index in [2.05, 4.69) is 15.9 Å². The van der Waals surface area contributed by atoms with Crippen LogP contribution in [0.5, 0.6) is 0 Å². The molecule has 0 aliphatic heterocycles. The zero-order valence-corrected chi connectivity index (χ0v) is 13.6. The van der Waals surface area contributed by atoms with Gasteiger partial charge in [0, 0.05) is 4.47 Å². The molecule has 0 bridgehead atoms. The van der Waals surface area contributed by atoms with E-state index in [0.29, 0.717) is 12.1 Å². The second kappa shape index (κ2) is 6.55. The van der Waals surface area contributed by atoms with Gasteiger partial charge in [0.25, 0.3) is 0 Å². The van der Waals surface area contributed by atoms with Crippen molar-refractivity contribution >= 4 is 26.0 Å². The van der Waals surface area contributed by atoms with Crippen molar-refractivity contribution in [2.75, 3.05) is 0 Å². The van der Waals surface area contributed by atoms with Gasteiger partial charge in [-0.05, 0) is 18.6 Å². The summed E-state index contributed by atoms with van der Waals surface area (Å²) in [6.45, 7) is 1.01. The second-order valence-electron chi connectivity index (χ2n) is 4.36. The minimum absolute atomic E-state index is 0.445. The summed E-state index contributed by atoms with van der Waals surface area (Å²) in [7, 11) is -5.15. The number of rotatable bonds is 4. The maximum Gasteiger partial charge on any atom is 0.420 e. The molecule has 0 aliphatic rings. The standard InChI is InChI=1S/C11H9BrF7NO2S/c1-2-7(10(14,15)16)20-23(21,22)6-4-3-5(12)8(9(6)13)11(17,18)19/h3-4,7,20H,2H2,1H3/t7-/m0/s1. The molecule has 0 fully saturated rings. The molecule has 1 atom stereocenters. The lowest BCUT2D eigenvalue weighted by atomic mass is 10.2. The van der Waals surface area contributed by atoms with Crippen LogP contribution in [0.3, 0.4) is 0 Å². The molecule has 0 radical (unpaired) electrons. The van der Waals surface area contributed by atoms with Crippen molar-refractivity contribution in [2.24, 2.45) is 0 Å². The van der Waals surface area contributed by atoms with Crippen molar-refractivity contribution in [2.45, 2.75) is 36.6 Å². The highest BCUT2D eigenvalue weighted by molar-refractivity contribution is 9.10. The first kappa shape index (κ1) is 20.2. The molecule has 132 valence electrons. The Bertz CT molecular complexity index is 685. The molecule has 0 amide bonds. The van der Waals surface area contributed by atoms with Gasteiger partial charge in [-0.1, -0.05) is 22.9 Å². The largest absolute Gasteiger partial charge is 0.420 e. The SMILES string of the molecule is CC[C@H](NS(=O)(=O)c1ccc(Br)c(C(F)(F)F)c1F)C(F)(F)F. The Labute approximate surface area is 135 Å². The fourth-order valence-electron chi connectivity index (χ4n) is 1.63. The average molecular weight is 432 g/mol. The van der Waals surface area contributed by atoms with E-state index in [-0.39, 0.29) is 0 Å². The normalized spacial score (nSPS) is 14.8. The molecule has 0 aromatic heterocycles. The first-order chi connectivity index (χ1) is 10.2. The molecule has 0 saturated heterocycles. The number of halogens is 8. The molecule has 1 N–H and O–H groups in total. The molecule has 0 saturated carbocycles. The fraction of sp³-hybridized carbons (Fsp3) is 0.455. The fourth-order valence-corrected chi connectivity index (χ4v) is 3.55. The van der Waals surface area contributed by atoms with E-state index in [1.165, 1.54) is 0 Å². The van der Waals surface area contributed by atoms with Gasteiger partial charge in [-0.15, -0.1) is 0 Å². The van der Waals surface area contributed by atoms with Crippen molar-refractivity contribution in [3.63, 3.8) is 0 Å². The molecule has 1 rings (SSSR count). The van der Waals surface area contributed by atoms with Crippen molar-refractivity contribution < 1.29 is 39.2 Å². The number of benzene rings is 1. The van der Waals surface area contributed by atoms with Crippen LogP contribution in [0.4, 0.5) is 30.7 Å². The van der Waals surface area contributed by atoms with Gasteiger partial charge >= 0.3 is 12.4 Å². The van der Waals surface area contributed by atoms with Crippen LogP contribution < -0.4 is 4.72 Å². The summed E-state index contributed by atoms with van der Waals surface area (Å²) in [6.07, 6.45) is -10.9. The third-order valence-electron chi connectivity index (χ3n) is 2.73. The topological polar surface area (TPSA) is 46.2 Å². The molecule has 0 unspecified atom stereocenters. The summed E-state index contributed by atoms with van der Waals surface area (Å²) in [5.74, 6) is -2.18. The van der Waals surface area contributed by atoms with E-state index in [9.17, 15) is 39.2 Å². The quantitative estimate of drug-likeness (QED) is 0.725. The average Bonchev–Trinajstić information content (AvgIpc) is 2.32. The van der Waals surface area contributed by atoms with Gasteiger partial charge in [0.1, 0.15) is 16.5 Å². The Morgan fingerprint density at radius 1 is 1.17 bits per heavy atom. The molecule has 23 heavy (non-hydrogen) atoms. The monoisotopic (exact) mass is 431 g/mol. The molecule has 0 spiro atoms. The van der Waals surface area contributed by atoms with Crippen molar-refractivity contribution in [1.29, 1.82) is 0 Å². The Kier molecular flexibility index (Phi) is 5.75. The first-order valence-electron chi connectivity index (χ1n) is 5.86. The summed E-state index contributed by atoms with van der Waals surface area (Å²) in [6, 6.07) is -1.51. The van der Waals surface area contributed by atoms with Crippen LogP contribution in [-0.4, -0.2) is 20.6 Å². The zero-order chi connectivity index (χ0) is 18.2. The van der Waals surface area contributed by atoms with Crippen LogP contribution >= 0.6 is 15.9 Å². The number of hydrogen-bond acceptors (Lipinski definition) is 2. The molecule has 3 nitrogen and oxygen atoms in total. The van der Waals surface area contributed by atoms with Gasteiger partial charge in [0.2, 0.25) is 10.0 Å². The summed E-state index contributed by atoms with van der Waals surface area (Å²) in [4.78, 5) is -1.52. The minimum atomic E-state index is -5.23. The van der Waals surface area contributed by atoms with E-state index < -0.39 is 55.6 Å². The predicted octanol–water partition coefficient (Wildman–Crippen LogP) is 4.23. The molecule has 0 heterocycles. The van der Waals surface area contributed by atoms with E-state index >= 15 is 0 Å². The van der Waals surface area contributed by atoms with Gasteiger partial charge in [-0.25, -0.2) is 12.8 Å². The summed E-state index contributed by atoms with van der Waals surface area (Å²) < 4.78 is 114. The number of alkyl halides is 6. The number of nitrogens with one attached hydrogen (secondary N) is 1. The number of sulfonamides is 1. The van der Waals surface area contributed by atoms with Gasteiger partial charge in [-0.2, -0.15) is 31.1 Å². The molecule has 1 aromatic carbocycles. The molecule has 0 aliphatic carbocycles. The van der Waals surface area contributed by atoms with E-state index in [1.807, 2.05) is 0 Å². The van der Waals surface area contributed by atoms with Gasteiger partial charge in [0.15, 0.2) is 5.82 Å². The zero-order valence-electron chi connectivity index (χ0n) is 11.2. The lowest BCUT2D eigenvalue weighted by Gasteiger charge is -2.21. The van der Waals surface area contributed by atoms with Gasteiger partial charge in [-0.3, -0.25) is 0 Å². The van der Waals surface area contributed by atoms with Crippen LogP contribution in [0.25, 0.3) is 0 Å². The van der Waals surface area contributed by atoms with E-state index in [0.717, 1.165) is 11.6 Å². The Morgan fingerprint density at radius 2 is 1.70 bits per heavy atom. The highest BCUT2D eigenvalue weighted by atomic mass is 79.9. The maximum atomic E-state index is 13.9. The Hall–Kier alpha value is -0.880. The molecule has 12 heteroatoms. The van der Waals surface area contributed by atoms with Crippen LogP contribution in [0.1, 0.15) is 18.9 Å². The minimum Gasteiger partial charge on any atom is -0.207 e. The van der Waals surface area contributed by atoms with E-state index in [1.54, 1.807) is 0 Å². The summed E-state index contributed by atoms with van der Waals surface area (Å²) in [5, 5.41) is 0. The highest BCUT2D eigenvalue weighted by Gasteiger charge is 2.43. The van der Waals surface area contributed by atoms with Crippen molar-refractivity contribution in [3.05, 3.63) is 28.0 Å². The number of hydrogen-bond donors (Lipinski definition) is 1. The summed E-state index contributed by atoms with van der Waals surface area (Å²) >= 11 is 2.42. The molecule has 1 aromatic rings. The van der Waals surface area contributed by atoms with Crippen LogP contribution in [-0.2, 0) is 16.2 Å². The van der Waals surface area contributed by atoms with Crippen LogP contribution in [0, 0.1) is 5.82 Å². The Balaban J connectivity index is 3.41. The highest BCUT2D eigenvalue weighted by Crippen LogP contribution is 2.39. The molecular weight excluding hydrogens is 423 g/mol. The van der Waals surface area contributed by atoms with Crippen molar-refractivity contribution in [3.8, 4) is 0 Å². The molecular formula is C11H9BrF7NO2S. The lowest BCUT2D eigenvalue weighted by molar-refractivity contribution is -0.151. The second-order valence-corrected chi connectivity index (χ2v) is 6.89. The van der Waals surface area contributed by atoms with E-state index in [4.69, 9.17) is 0 Å². The third-order valence-corrected chi connectivity index (χ3v) is 4.88. The maximum absolute atomic E-state index is 13.9. The van der Waals surface area contributed by atoms with Gasteiger partial charge < -0.3 is 0 Å². The summed E-state index contributed by atoms with van der Waals surface area (Å²) in [5.41, 5.74) is -1.92. The van der Waals surface area contributed by atoms with Crippen LogP contribution in [0.2, 0.25) is 0 Å². The lowest BCUT2D eigenvalue weighted by Crippen LogP contribution is -2.45.